The van der Waals surface area contributed by atoms with Crippen molar-refractivity contribution in [3.63, 3.8) is 0 Å². The van der Waals surface area contributed by atoms with Crippen LogP contribution in [0.25, 0.3) is 0 Å². The van der Waals surface area contributed by atoms with Gasteiger partial charge in [0.15, 0.2) is 0 Å². The number of halogens is 1. The number of rotatable bonds is 5. The molecule has 0 bridgehead atoms. The molecular formula is C11H16ClNOS. The molecule has 0 N–H and O–H groups in total. The molecule has 0 saturated carbocycles. The number of thiophene rings is 1. The highest BCUT2D eigenvalue weighted by Crippen LogP contribution is 2.15. The van der Waals surface area contributed by atoms with Gasteiger partial charge in [0.25, 0.3) is 0 Å². The van der Waals surface area contributed by atoms with Gasteiger partial charge in [-0.3, -0.25) is 4.79 Å². The number of alkyl halides is 1. The molecule has 0 aromatic carbocycles. The topological polar surface area (TPSA) is 20.3 Å². The first-order valence-corrected chi connectivity index (χ1v) is 6.48. The van der Waals surface area contributed by atoms with Crippen LogP contribution in [0.3, 0.4) is 0 Å². The first kappa shape index (κ1) is 12.5. The van der Waals surface area contributed by atoms with E-state index in [9.17, 15) is 4.79 Å². The van der Waals surface area contributed by atoms with Crippen LogP contribution in [0, 0.1) is 0 Å². The molecule has 0 aliphatic rings. The minimum atomic E-state index is 0.0133. The summed E-state index contributed by atoms with van der Waals surface area (Å²) in [6.07, 6.45) is 0.952. The van der Waals surface area contributed by atoms with Crippen LogP contribution in [0.5, 0.6) is 0 Å². The molecule has 0 aliphatic carbocycles. The van der Waals surface area contributed by atoms with Crippen molar-refractivity contribution in [1.29, 1.82) is 0 Å². The van der Waals surface area contributed by atoms with Crippen LogP contribution in [0.4, 0.5) is 0 Å². The first-order valence-electron chi connectivity index (χ1n) is 5.06. The van der Waals surface area contributed by atoms with Crippen LogP contribution in [-0.4, -0.2) is 22.7 Å². The highest BCUT2D eigenvalue weighted by Gasteiger charge is 2.18. The number of carbonyl (C=O) groups is 1. The standard InChI is InChI=1S/C11H16ClNOS/c1-3-9(2)13(11(14)7-12)8-10-5-4-6-15-10/h4-6,9H,3,7-8H2,1-2H3. The van der Waals surface area contributed by atoms with E-state index in [2.05, 4.69) is 13.8 Å². The minimum Gasteiger partial charge on any atom is -0.334 e. The summed E-state index contributed by atoms with van der Waals surface area (Å²) in [5.41, 5.74) is 0. The molecule has 0 fully saturated rings. The number of hydrogen-bond acceptors (Lipinski definition) is 2. The van der Waals surface area contributed by atoms with Crippen molar-refractivity contribution in [3.8, 4) is 0 Å². The smallest absolute Gasteiger partial charge is 0.238 e. The number of nitrogens with zero attached hydrogens (tertiary/aromatic N) is 1. The molecule has 0 aliphatic heterocycles. The van der Waals surface area contributed by atoms with Crippen LogP contribution in [0.15, 0.2) is 17.5 Å². The zero-order valence-electron chi connectivity index (χ0n) is 9.07. The molecule has 15 heavy (non-hydrogen) atoms. The van der Waals surface area contributed by atoms with Gasteiger partial charge in [-0.1, -0.05) is 13.0 Å². The van der Waals surface area contributed by atoms with E-state index in [4.69, 9.17) is 11.6 Å². The fraction of sp³-hybridized carbons (Fsp3) is 0.545. The molecular weight excluding hydrogens is 230 g/mol. The van der Waals surface area contributed by atoms with Gasteiger partial charge >= 0.3 is 0 Å². The Bertz CT molecular complexity index is 300. The lowest BCUT2D eigenvalue weighted by atomic mass is 10.2. The van der Waals surface area contributed by atoms with Crippen molar-refractivity contribution < 1.29 is 4.79 Å². The summed E-state index contributed by atoms with van der Waals surface area (Å²) in [7, 11) is 0. The summed E-state index contributed by atoms with van der Waals surface area (Å²) in [6, 6.07) is 4.29. The molecule has 1 unspecified atom stereocenters. The van der Waals surface area contributed by atoms with E-state index < -0.39 is 0 Å². The van der Waals surface area contributed by atoms with Crippen LogP contribution < -0.4 is 0 Å². The molecule has 1 heterocycles. The van der Waals surface area contributed by atoms with Gasteiger partial charge < -0.3 is 4.90 Å². The normalized spacial score (nSPS) is 12.5. The Hall–Kier alpha value is -0.540. The van der Waals surface area contributed by atoms with Gasteiger partial charge in [-0.05, 0) is 24.8 Å². The summed E-state index contributed by atoms with van der Waals surface area (Å²) in [6.45, 7) is 4.81. The van der Waals surface area contributed by atoms with E-state index in [1.54, 1.807) is 11.3 Å². The Morgan fingerprint density at radius 2 is 2.40 bits per heavy atom. The maximum Gasteiger partial charge on any atom is 0.238 e. The monoisotopic (exact) mass is 245 g/mol. The van der Waals surface area contributed by atoms with Crippen molar-refractivity contribution in [2.45, 2.75) is 32.9 Å². The number of carbonyl (C=O) groups excluding carboxylic acids is 1. The maximum atomic E-state index is 11.6. The fourth-order valence-corrected chi connectivity index (χ4v) is 2.21. The third kappa shape index (κ3) is 3.50. The molecule has 4 heteroatoms. The van der Waals surface area contributed by atoms with Crippen LogP contribution >= 0.6 is 22.9 Å². The molecule has 1 aromatic rings. The van der Waals surface area contributed by atoms with E-state index in [1.165, 1.54) is 4.88 Å². The Balaban J connectivity index is 2.68. The zero-order valence-corrected chi connectivity index (χ0v) is 10.6. The zero-order chi connectivity index (χ0) is 11.3. The Morgan fingerprint density at radius 1 is 1.67 bits per heavy atom. The Morgan fingerprint density at radius 3 is 2.87 bits per heavy atom. The van der Waals surface area contributed by atoms with Gasteiger partial charge in [0.2, 0.25) is 5.91 Å². The highest BCUT2D eigenvalue weighted by atomic mass is 35.5. The van der Waals surface area contributed by atoms with E-state index in [0.717, 1.165) is 6.42 Å². The summed E-state index contributed by atoms with van der Waals surface area (Å²) >= 11 is 7.27. The van der Waals surface area contributed by atoms with Gasteiger partial charge in [0, 0.05) is 10.9 Å². The summed E-state index contributed by atoms with van der Waals surface area (Å²) in [4.78, 5) is 14.7. The first-order chi connectivity index (χ1) is 7.19. The van der Waals surface area contributed by atoms with E-state index in [1.807, 2.05) is 22.4 Å². The average molecular weight is 246 g/mol. The van der Waals surface area contributed by atoms with Crippen molar-refractivity contribution in [2.75, 3.05) is 5.88 Å². The van der Waals surface area contributed by atoms with Crippen molar-refractivity contribution in [2.24, 2.45) is 0 Å². The lowest BCUT2D eigenvalue weighted by Gasteiger charge is -2.27. The van der Waals surface area contributed by atoms with Gasteiger partial charge in [0.05, 0.1) is 6.54 Å². The molecule has 2 nitrogen and oxygen atoms in total. The molecule has 1 aromatic heterocycles. The average Bonchev–Trinajstić information content (AvgIpc) is 2.76. The van der Waals surface area contributed by atoms with Gasteiger partial charge in [-0.15, -0.1) is 22.9 Å². The summed E-state index contributed by atoms with van der Waals surface area (Å²) in [5, 5.41) is 2.02. The molecule has 1 rings (SSSR count). The molecule has 1 atom stereocenters. The fourth-order valence-electron chi connectivity index (χ4n) is 1.36. The Labute approximate surface area is 99.9 Å². The van der Waals surface area contributed by atoms with Gasteiger partial charge in [-0.2, -0.15) is 0 Å². The van der Waals surface area contributed by atoms with Crippen molar-refractivity contribution in [3.05, 3.63) is 22.4 Å². The van der Waals surface area contributed by atoms with Crippen LogP contribution in [0.2, 0.25) is 0 Å². The SMILES string of the molecule is CCC(C)N(Cc1cccs1)C(=O)CCl. The molecule has 0 saturated heterocycles. The van der Waals surface area contributed by atoms with E-state index in [-0.39, 0.29) is 17.8 Å². The third-order valence-electron chi connectivity index (χ3n) is 2.46. The second kappa shape index (κ2) is 6.13. The summed E-state index contributed by atoms with van der Waals surface area (Å²) < 4.78 is 0. The van der Waals surface area contributed by atoms with Gasteiger partial charge in [0.1, 0.15) is 5.88 Å². The summed E-state index contributed by atoms with van der Waals surface area (Å²) in [5.74, 6) is 0.0785. The predicted molar refractivity (Wildman–Crippen MR) is 65.3 cm³/mol. The highest BCUT2D eigenvalue weighted by molar-refractivity contribution is 7.09. The van der Waals surface area contributed by atoms with E-state index >= 15 is 0 Å². The molecule has 1 amide bonds. The molecule has 0 spiro atoms. The Kier molecular flexibility index (Phi) is 5.12. The van der Waals surface area contributed by atoms with E-state index in [0.29, 0.717) is 6.54 Å². The van der Waals surface area contributed by atoms with Crippen molar-refractivity contribution >= 4 is 28.8 Å². The largest absolute Gasteiger partial charge is 0.334 e. The third-order valence-corrected chi connectivity index (χ3v) is 3.55. The molecule has 0 radical (unpaired) electrons. The second-order valence-corrected chi connectivity index (χ2v) is 4.79. The van der Waals surface area contributed by atoms with Crippen molar-refractivity contribution in [1.82, 2.24) is 4.90 Å². The van der Waals surface area contributed by atoms with Crippen LogP contribution in [0.1, 0.15) is 25.1 Å². The number of hydrogen-bond donors (Lipinski definition) is 0. The maximum absolute atomic E-state index is 11.6. The number of amides is 1. The lowest BCUT2D eigenvalue weighted by molar-refractivity contribution is -0.131. The minimum absolute atomic E-state index is 0.0133. The molecule has 84 valence electrons. The lowest BCUT2D eigenvalue weighted by Crippen LogP contribution is -2.38. The van der Waals surface area contributed by atoms with Crippen LogP contribution in [-0.2, 0) is 11.3 Å². The predicted octanol–water partition coefficient (Wildman–Crippen LogP) is 3.11. The van der Waals surface area contributed by atoms with Gasteiger partial charge in [-0.25, -0.2) is 0 Å². The quantitative estimate of drug-likeness (QED) is 0.730. The second-order valence-electron chi connectivity index (χ2n) is 3.49.